The number of carbonyl (C=O) groups is 1. The topological polar surface area (TPSA) is 84.3 Å². The SMILES string of the molecule is Cn1cnc(S(=O)(=O)N2CC(NC(=O)c3cccc(C(F)(F)F)c3)C(c3ccccc3)C2)c1. The molecule has 4 rings (SSSR count). The number of alkyl halides is 3. The average Bonchev–Trinajstić information content (AvgIpc) is 3.41. The lowest BCUT2D eigenvalue weighted by molar-refractivity contribution is -0.137. The second-order valence-corrected chi connectivity index (χ2v) is 9.76. The first kappa shape index (κ1) is 23.0. The Balaban J connectivity index is 1.62. The molecule has 1 aliphatic rings. The Morgan fingerprint density at radius 1 is 1.09 bits per heavy atom. The number of hydrogen-bond acceptors (Lipinski definition) is 4. The summed E-state index contributed by atoms with van der Waals surface area (Å²) in [6.45, 7) is 0.0552. The Bertz CT molecular complexity index is 1260. The van der Waals surface area contributed by atoms with Gasteiger partial charge in [0, 0.05) is 37.8 Å². The molecule has 1 aromatic heterocycles. The van der Waals surface area contributed by atoms with Crippen molar-refractivity contribution in [1.29, 1.82) is 0 Å². The molecule has 3 aromatic rings. The molecule has 2 aromatic carbocycles. The number of sulfonamides is 1. The summed E-state index contributed by atoms with van der Waals surface area (Å²) in [7, 11) is -2.26. The van der Waals surface area contributed by atoms with Gasteiger partial charge in [0.15, 0.2) is 5.03 Å². The number of benzene rings is 2. The van der Waals surface area contributed by atoms with E-state index in [0.717, 1.165) is 17.7 Å². The van der Waals surface area contributed by atoms with Crippen LogP contribution in [-0.2, 0) is 23.2 Å². The minimum absolute atomic E-state index is 0.0385. The molecular formula is C22H21F3N4O3S. The molecule has 0 bridgehead atoms. The van der Waals surface area contributed by atoms with Gasteiger partial charge in [0.05, 0.1) is 17.9 Å². The number of hydrogen-bond donors (Lipinski definition) is 1. The number of halogens is 3. The lowest BCUT2D eigenvalue weighted by Gasteiger charge is -2.20. The smallest absolute Gasteiger partial charge is 0.347 e. The van der Waals surface area contributed by atoms with Gasteiger partial charge < -0.3 is 9.88 Å². The molecule has 0 radical (unpaired) electrons. The van der Waals surface area contributed by atoms with Crippen molar-refractivity contribution < 1.29 is 26.4 Å². The molecule has 1 saturated heterocycles. The van der Waals surface area contributed by atoms with Gasteiger partial charge in [-0.25, -0.2) is 13.4 Å². The fourth-order valence-corrected chi connectivity index (χ4v) is 5.35. The Labute approximate surface area is 188 Å². The highest BCUT2D eigenvalue weighted by Crippen LogP contribution is 2.32. The summed E-state index contributed by atoms with van der Waals surface area (Å²) in [6.07, 6.45) is -1.81. The van der Waals surface area contributed by atoms with Crippen molar-refractivity contribution in [3.8, 4) is 0 Å². The van der Waals surface area contributed by atoms with E-state index >= 15 is 0 Å². The third-order valence-corrected chi connectivity index (χ3v) is 7.29. The second-order valence-electron chi connectivity index (χ2n) is 7.88. The highest BCUT2D eigenvalue weighted by atomic mass is 32.2. The fraction of sp³-hybridized carbons (Fsp3) is 0.273. The van der Waals surface area contributed by atoms with E-state index in [1.54, 1.807) is 19.2 Å². The van der Waals surface area contributed by atoms with Crippen LogP contribution in [0.15, 0.2) is 72.1 Å². The number of imidazole rings is 1. The third kappa shape index (κ3) is 4.79. The Morgan fingerprint density at radius 3 is 2.45 bits per heavy atom. The van der Waals surface area contributed by atoms with Crippen LogP contribution in [0, 0.1) is 0 Å². The van der Waals surface area contributed by atoms with Crippen molar-refractivity contribution in [2.24, 2.45) is 7.05 Å². The van der Waals surface area contributed by atoms with Gasteiger partial charge in [-0.3, -0.25) is 4.79 Å². The summed E-state index contributed by atoms with van der Waals surface area (Å²) in [6, 6.07) is 12.6. The molecule has 174 valence electrons. The fourth-order valence-electron chi connectivity index (χ4n) is 3.89. The molecule has 11 heteroatoms. The summed E-state index contributed by atoms with van der Waals surface area (Å²) in [5, 5.41) is 2.63. The van der Waals surface area contributed by atoms with Crippen LogP contribution in [0.5, 0.6) is 0 Å². The predicted molar refractivity (Wildman–Crippen MR) is 114 cm³/mol. The van der Waals surface area contributed by atoms with E-state index in [1.165, 1.54) is 33.5 Å². The quantitative estimate of drug-likeness (QED) is 0.611. The van der Waals surface area contributed by atoms with Gasteiger partial charge in [-0.2, -0.15) is 17.5 Å². The lowest BCUT2D eigenvalue weighted by Crippen LogP contribution is -2.40. The van der Waals surface area contributed by atoms with Crippen molar-refractivity contribution in [2.75, 3.05) is 13.1 Å². The summed E-state index contributed by atoms with van der Waals surface area (Å²) in [4.78, 5) is 16.8. The van der Waals surface area contributed by atoms with E-state index in [-0.39, 0.29) is 29.6 Å². The molecule has 2 heterocycles. The molecule has 0 saturated carbocycles. The van der Waals surface area contributed by atoms with E-state index in [2.05, 4.69) is 10.3 Å². The summed E-state index contributed by atoms with van der Waals surface area (Å²) >= 11 is 0. The van der Waals surface area contributed by atoms with Crippen LogP contribution in [0.1, 0.15) is 27.4 Å². The lowest BCUT2D eigenvalue weighted by atomic mass is 9.94. The maximum Gasteiger partial charge on any atom is 0.416 e. The van der Waals surface area contributed by atoms with E-state index < -0.39 is 33.7 Å². The standard InChI is InChI=1S/C22H21F3N4O3S/c1-28-13-20(26-14-28)33(31,32)29-11-18(15-6-3-2-4-7-15)19(12-29)27-21(30)16-8-5-9-17(10-16)22(23,24)25/h2-10,13-14,18-19H,11-12H2,1H3,(H,27,30). The predicted octanol–water partition coefficient (Wildman–Crippen LogP) is 3.03. The number of nitrogens with zero attached hydrogens (tertiary/aromatic N) is 3. The molecule has 2 atom stereocenters. The summed E-state index contributed by atoms with van der Waals surface area (Å²) in [5.41, 5.74) is -0.270. The van der Waals surface area contributed by atoms with E-state index in [1.807, 2.05) is 18.2 Å². The second kappa shape index (κ2) is 8.64. The summed E-state index contributed by atoms with van der Waals surface area (Å²) < 4.78 is 68.1. The number of nitrogens with one attached hydrogen (secondary N) is 1. The maximum absolute atomic E-state index is 13.1. The van der Waals surface area contributed by atoms with Crippen LogP contribution >= 0.6 is 0 Å². The van der Waals surface area contributed by atoms with Crippen LogP contribution in [0.2, 0.25) is 0 Å². The van der Waals surface area contributed by atoms with E-state index in [9.17, 15) is 26.4 Å². The zero-order valence-corrected chi connectivity index (χ0v) is 18.3. The van der Waals surface area contributed by atoms with Gasteiger partial charge in [0.25, 0.3) is 15.9 Å². The Hall–Kier alpha value is -3.18. The van der Waals surface area contributed by atoms with Crippen molar-refractivity contribution in [3.63, 3.8) is 0 Å². The number of rotatable bonds is 5. The first-order valence-electron chi connectivity index (χ1n) is 10.1. The number of aryl methyl sites for hydroxylation is 1. The maximum atomic E-state index is 13.1. The zero-order valence-electron chi connectivity index (χ0n) is 17.5. The van der Waals surface area contributed by atoms with Crippen LogP contribution < -0.4 is 5.32 Å². The van der Waals surface area contributed by atoms with Crippen molar-refractivity contribution in [2.45, 2.75) is 23.2 Å². The average molecular weight is 478 g/mol. The molecule has 1 aliphatic heterocycles. The van der Waals surface area contributed by atoms with Crippen LogP contribution in [0.4, 0.5) is 13.2 Å². The zero-order chi connectivity index (χ0) is 23.8. The van der Waals surface area contributed by atoms with Crippen molar-refractivity contribution in [1.82, 2.24) is 19.2 Å². The monoisotopic (exact) mass is 478 g/mol. The van der Waals surface area contributed by atoms with E-state index in [4.69, 9.17) is 0 Å². The van der Waals surface area contributed by atoms with Gasteiger partial charge in [0.2, 0.25) is 0 Å². The molecule has 0 aliphatic carbocycles. The normalized spacial score (nSPS) is 19.5. The van der Waals surface area contributed by atoms with Crippen molar-refractivity contribution in [3.05, 3.63) is 83.8 Å². The summed E-state index contributed by atoms with van der Waals surface area (Å²) in [5.74, 6) is -1.09. The molecule has 7 nitrogen and oxygen atoms in total. The van der Waals surface area contributed by atoms with E-state index in [0.29, 0.717) is 0 Å². The number of aromatic nitrogens is 2. The first-order valence-corrected chi connectivity index (χ1v) is 11.5. The molecule has 33 heavy (non-hydrogen) atoms. The van der Waals surface area contributed by atoms with Gasteiger partial charge in [-0.05, 0) is 23.8 Å². The van der Waals surface area contributed by atoms with Crippen molar-refractivity contribution >= 4 is 15.9 Å². The minimum Gasteiger partial charge on any atom is -0.347 e. The van der Waals surface area contributed by atoms with Gasteiger partial charge in [-0.1, -0.05) is 36.4 Å². The first-order chi connectivity index (χ1) is 15.6. The Kier molecular flexibility index (Phi) is 6.02. The van der Waals surface area contributed by atoms with Gasteiger partial charge >= 0.3 is 6.18 Å². The molecule has 1 amide bonds. The molecule has 1 fully saturated rings. The molecular weight excluding hydrogens is 457 g/mol. The molecule has 1 N–H and O–H groups in total. The van der Waals surface area contributed by atoms with Gasteiger partial charge in [-0.15, -0.1) is 0 Å². The Morgan fingerprint density at radius 2 is 1.82 bits per heavy atom. The highest BCUT2D eigenvalue weighted by molar-refractivity contribution is 7.89. The minimum atomic E-state index is -4.58. The number of amides is 1. The number of carbonyl (C=O) groups excluding carboxylic acids is 1. The molecule has 0 spiro atoms. The molecule has 2 unspecified atom stereocenters. The van der Waals surface area contributed by atoms with Crippen LogP contribution in [0.3, 0.4) is 0 Å². The van der Waals surface area contributed by atoms with Crippen LogP contribution in [0.25, 0.3) is 0 Å². The largest absolute Gasteiger partial charge is 0.416 e. The van der Waals surface area contributed by atoms with Crippen LogP contribution in [-0.4, -0.2) is 47.3 Å². The third-order valence-electron chi connectivity index (χ3n) is 5.57. The van der Waals surface area contributed by atoms with Gasteiger partial charge in [0.1, 0.15) is 0 Å². The highest BCUT2D eigenvalue weighted by Gasteiger charge is 2.41.